The van der Waals surface area contributed by atoms with Gasteiger partial charge in [0.15, 0.2) is 0 Å². The van der Waals surface area contributed by atoms with Crippen molar-refractivity contribution in [3.63, 3.8) is 0 Å². The van der Waals surface area contributed by atoms with Crippen LogP contribution in [0.4, 0.5) is 0 Å². The summed E-state index contributed by atoms with van der Waals surface area (Å²) in [6.45, 7) is 3.10. The zero-order valence-electron chi connectivity index (χ0n) is 9.81. The molecule has 0 bridgehead atoms. The lowest BCUT2D eigenvalue weighted by molar-refractivity contribution is 0.176. The second kappa shape index (κ2) is 6.02. The molecular formula is C14H21NO. The van der Waals surface area contributed by atoms with E-state index in [1.807, 2.05) is 0 Å². The van der Waals surface area contributed by atoms with Gasteiger partial charge in [0.2, 0.25) is 0 Å². The summed E-state index contributed by atoms with van der Waals surface area (Å²) in [6, 6.07) is 10.7. The van der Waals surface area contributed by atoms with Gasteiger partial charge in [0.05, 0.1) is 6.10 Å². The zero-order valence-corrected chi connectivity index (χ0v) is 9.81. The molecule has 16 heavy (non-hydrogen) atoms. The SMILES string of the molecule is O[C@@H]1CCN(CCCCc2ccccc2)C1. The fourth-order valence-corrected chi connectivity index (χ4v) is 2.32. The van der Waals surface area contributed by atoms with Gasteiger partial charge in [-0.3, -0.25) is 0 Å². The standard InChI is InChI=1S/C14H21NO/c16-14-9-11-15(12-14)10-5-4-8-13-6-2-1-3-7-13/h1-3,6-7,14,16H,4-5,8-12H2/t14-/m1/s1. The predicted octanol–water partition coefficient (Wildman–Crippen LogP) is 2.08. The van der Waals surface area contributed by atoms with Gasteiger partial charge in [-0.05, 0) is 37.8 Å². The largest absolute Gasteiger partial charge is 0.392 e. The van der Waals surface area contributed by atoms with E-state index in [9.17, 15) is 5.11 Å². The third kappa shape index (κ3) is 3.62. The monoisotopic (exact) mass is 219 g/mol. The first-order valence-corrected chi connectivity index (χ1v) is 6.29. The average Bonchev–Trinajstić information content (AvgIpc) is 2.72. The average molecular weight is 219 g/mol. The van der Waals surface area contributed by atoms with Crippen LogP contribution in [0, 0.1) is 0 Å². The van der Waals surface area contributed by atoms with Gasteiger partial charge >= 0.3 is 0 Å². The van der Waals surface area contributed by atoms with E-state index >= 15 is 0 Å². The number of aliphatic hydroxyl groups excluding tert-OH is 1. The maximum absolute atomic E-state index is 9.39. The van der Waals surface area contributed by atoms with E-state index in [1.165, 1.54) is 24.8 Å². The maximum atomic E-state index is 9.39. The Hall–Kier alpha value is -0.860. The summed E-state index contributed by atoms with van der Waals surface area (Å²) < 4.78 is 0. The van der Waals surface area contributed by atoms with Crippen molar-refractivity contribution in [3.8, 4) is 0 Å². The lowest BCUT2D eigenvalue weighted by Crippen LogP contribution is -2.23. The highest BCUT2D eigenvalue weighted by Gasteiger charge is 2.18. The van der Waals surface area contributed by atoms with E-state index in [2.05, 4.69) is 35.2 Å². The van der Waals surface area contributed by atoms with Gasteiger partial charge < -0.3 is 10.0 Å². The molecule has 1 aliphatic heterocycles. The molecule has 1 N–H and O–H groups in total. The van der Waals surface area contributed by atoms with Gasteiger partial charge in [-0.25, -0.2) is 0 Å². The van der Waals surface area contributed by atoms with Crippen LogP contribution in [0.25, 0.3) is 0 Å². The number of β-amino-alcohol motifs (C(OH)–C–C–N with tert-alkyl or cyclic N) is 1. The Bertz CT molecular complexity index is 299. The first kappa shape index (κ1) is 11.6. The first-order chi connectivity index (χ1) is 7.84. The molecule has 0 amide bonds. The zero-order chi connectivity index (χ0) is 11.2. The van der Waals surface area contributed by atoms with Crippen molar-refractivity contribution in [1.82, 2.24) is 4.90 Å². The molecule has 1 aromatic rings. The third-order valence-corrected chi connectivity index (χ3v) is 3.28. The van der Waals surface area contributed by atoms with Crippen molar-refractivity contribution in [2.45, 2.75) is 31.8 Å². The molecular weight excluding hydrogens is 198 g/mol. The molecule has 1 aliphatic rings. The topological polar surface area (TPSA) is 23.5 Å². The number of hydrogen-bond donors (Lipinski definition) is 1. The van der Waals surface area contributed by atoms with E-state index in [0.717, 1.165) is 26.1 Å². The Morgan fingerprint density at radius 3 is 2.69 bits per heavy atom. The molecule has 0 aromatic heterocycles. The molecule has 2 heteroatoms. The molecule has 2 rings (SSSR count). The number of aliphatic hydroxyl groups is 1. The minimum Gasteiger partial charge on any atom is -0.392 e. The molecule has 0 aliphatic carbocycles. The van der Waals surface area contributed by atoms with Gasteiger partial charge in [-0.15, -0.1) is 0 Å². The van der Waals surface area contributed by atoms with Crippen LogP contribution in [-0.2, 0) is 6.42 Å². The number of hydrogen-bond acceptors (Lipinski definition) is 2. The van der Waals surface area contributed by atoms with Crippen molar-refractivity contribution < 1.29 is 5.11 Å². The predicted molar refractivity (Wildman–Crippen MR) is 66.4 cm³/mol. The van der Waals surface area contributed by atoms with Crippen molar-refractivity contribution >= 4 is 0 Å². The van der Waals surface area contributed by atoms with E-state index in [-0.39, 0.29) is 6.10 Å². The van der Waals surface area contributed by atoms with Crippen LogP contribution in [0.5, 0.6) is 0 Å². The van der Waals surface area contributed by atoms with Gasteiger partial charge in [-0.1, -0.05) is 30.3 Å². The Balaban J connectivity index is 1.59. The Morgan fingerprint density at radius 1 is 1.19 bits per heavy atom. The quantitative estimate of drug-likeness (QED) is 0.766. The van der Waals surface area contributed by atoms with Crippen molar-refractivity contribution in [1.29, 1.82) is 0 Å². The molecule has 1 aromatic carbocycles. The fraction of sp³-hybridized carbons (Fsp3) is 0.571. The number of likely N-dealkylation sites (tertiary alicyclic amines) is 1. The molecule has 0 saturated carbocycles. The van der Waals surface area contributed by atoms with Crippen LogP contribution in [-0.4, -0.2) is 35.7 Å². The lowest BCUT2D eigenvalue weighted by atomic mass is 10.1. The number of unbranched alkanes of at least 4 members (excludes halogenated alkanes) is 1. The molecule has 1 fully saturated rings. The Labute approximate surface area is 97.9 Å². The Kier molecular flexibility index (Phi) is 4.37. The van der Waals surface area contributed by atoms with Gasteiger partial charge in [0.25, 0.3) is 0 Å². The van der Waals surface area contributed by atoms with Gasteiger partial charge in [0.1, 0.15) is 0 Å². The van der Waals surface area contributed by atoms with Gasteiger partial charge in [-0.2, -0.15) is 0 Å². The summed E-state index contributed by atoms with van der Waals surface area (Å²) in [6.07, 6.45) is 4.54. The number of nitrogens with zero attached hydrogens (tertiary/aromatic N) is 1. The number of benzene rings is 1. The van der Waals surface area contributed by atoms with E-state index < -0.39 is 0 Å². The highest BCUT2D eigenvalue weighted by Crippen LogP contribution is 2.11. The summed E-state index contributed by atoms with van der Waals surface area (Å²) >= 11 is 0. The van der Waals surface area contributed by atoms with Crippen LogP contribution in [0.3, 0.4) is 0 Å². The van der Waals surface area contributed by atoms with Gasteiger partial charge in [0, 0.05) is 13.1 Å². The molecule has 2 nitrogen and oxygen atoms in total. The van der Waals surface area contributed by atoms with Crippen molar-refractivity contribution in [2.24, 2.45) is 0 Å². The molecule has 0 unspecified atom stereocenters. The molecule has 0 spiro atoms. The third-order valence-electron chi connectivity index (χ3n) is 3.28. The molecule has 88 valence electrons. The molecule has 1 saturated heterocycles. The van der Waals surface area contributed by atoms with Crippen LogP contribution in [0.15, 0.2) is 30.3 Å². The van der Waals surface area contributed by atoms with Crippen LogP contribution < -0.4 is 0 Å². The summed E-state index contributed by atoms with van der Waals surface area (Å²) in [4.78, 5) is 2.37. The minimum absolute atomic E-state index is 0.0749. The van der Waals surface area contributed by atoms with Crippen LogP contribution >= 0.6 is 0 Å². The second-order valence-corrected chi connectivity index (χ2v) is 4.69. The lowest BCUT2D eigenvalue weighted by Gasteiger charge is -2.14. The highest BCUT2D eigenvalue weighted by molar-refractivity contribution is 5.14. The first-order valence-electron chi connectivity index (χ1n) is 6.29. The normalized spacial score (nSPS) is 21.4. The molecule has 0 radical (unpaired) electrons. The van der Waals surface area contributed by atoms with E-state index in [0.29, 0.717) is 0 Å². The Morgan fingerprint density at radius 2 is 2.00 bits per heavy atom. The second-order valence-electron chi connectivity index (χ2n) is 4.69. The van der Waals surface area contributed by atoms with Crippen molar-refractivity contribution in [2.75, 3.05) is 19.6 Å². The van der Waals surface area contributed by atoms with E-state index in [4.69, 9.17) is 0 Å². The number of rotatable bonds is 5. The number of aryl methyl sites for hydroxylation is 1. The smallest absolute Gasteiger partial charge is 0.0679 e. The van der Waals surface area contributed by atoms with Crippen LogP contribution in [0.2, 0.25) is 0 Å². The molecule has 1 atom stereocenters. The summed E-state index contributed by atoms with van der Waals surface area (Å²) in [5.74, 6) is 0. The van der Waals surface area contributed by atoms with Crippen molar-refractivity contribution in [3.05, 3.63) is 35.9 Å². The molecule has 1 heterocycles. The summed E-state index contributed by atoms with van der Waals surface area (Å²) in [5, 5.41) is 9.39. The highest BCUT2D eigenvalue weighted by atomic mass is 16.3. The maximum Gasteiger partial charge on any atom is 0.0679 e. The minimum atomic E-state index is -0.0749. The fourth-order valence-electron chi connectivity index (χ4n) is 2.32. The van der Waals surface area contributed by atoms with E-state index in [1.54, 1.807) is 0 Å². The van der Waals surface area contributed by atoms with Crippen LogP contribution in [0.1, 0.15) is 24.8 Å². The summed E-state index contributed by atoms with van der Waals surface area (Å²) in [7, 11) is 0. The summed E-state index contributed by atoms with van der Waals surface area (Å²) in [5.41, 5.74) is 1.43.